The van der Waals surface area contributed by atoms with E-state index in [0.717, 1.165) is 18.5 Å². The molecule has 0 aliphatic rings. The highest BCUT2D eigenvalue weighted by Gasteiger charge is 1.99. The predicted octanol–water partition coefficient (Wildman–Crippen LogP) is 1.25. The Kier molecular flexibility index (Phi) is 4.43. The summed E-state index contributed by atoms with van der Waals surface area (Å²) >= 11 is 0. The predicted molar refractivity (Wildman–Crippen MR) is 56.1 cm³/mol. The minimum Gasteiger partial charge on any atom is -0.508 e. The zero-order valence-corrected chi connectivity index (χ0v) is 8.40. The highest BCUT2D eigenvalue weighted by atomic mass is 16.3. The summed E-state index contributed by atoms with van der Waals surface area (Å²) in [6, 6.07) is 7.43. The molecule has 0 radical (unpaired) electrons. The number of hydrogen-bond donors (Lipinski definition) is 3. The number of aromatic hydroxyl groups is 1. The molecular formula is C11H17NO2. The number of hydrogen-bond acceptors (Lipinski definition) is 3. The lowest BCUT2D eigenvalue weighted by Gasteiger charge is -2.11. The minimum absolute atomic E-state index is 0.212. The Labute approximate surface area is 84.4 Å². The monoisotopic (exact) mass is 195 g/mol. The number of phenols is 1. The molecule has 1 aromatic rings. The van der Waals surface area contributed by atoms with E-state index in [9.17, 15) is 0 Å². The van der Waals surface area contributed by atoms with Crippen LogP contribution in [0.1, 0.15) is 18.9 Å². The maximum absolute atomic E-state index is 9.06. The van der Waals surface area contributed by atoms with E-state index in [1.54, 1.807) is 12.1 Å². The van der Waals surface area contributed by atoms with Gasteiger partial charge in [0.1, 0.15) is 5.75 Å². The maximum Gasteiger partial charge on any atom is 0.115 e. The van der Waals surface area contributed by atoms with Crippen molar-refractivity contribution in [1.29, 1.82) is 0 Å². The maximum atomic E-state index is 9.06. The van der Waals surface area contributed by atoms with Crippen molar-refractivity contribution in [3.05, 3.63) is 29.8 Å². The van der Waals surface area contributed by atoms with Crippen molar-refractivity contribution < 1.29 is 10.2 Å². The zero-order valence-electron chi connectivity index (χ0n) is 8.40. The normalized spacial score (nSPS) is 12.7. The van der Waals surface area contributed by atoms with Crippen molar-refractivity contribution >= 4 is 0 Å². The van der Waals surface area contributed by atoms with Crippen LogP contribution in [0.3, 0.4) is 0 Å². The van der Waals surface area contributed by atoms with Crippen LogP contribution in [0.25, 0.3) is 0 Å². The highest BCUT2D eigenvalue weighted by molar-refractivity contribution is 5.25. The van der Waals surface area contributed by atoms with Gasteiger partial charge in [-0.2, -0.15) is 0 Å². The van der Waals surface area contributed by atoms with Crippen LogP contribution in [0.15, 0.2) is 24.3 Å². The number of benzene rings is 1. The summed E-state index contributed by atoms with van der Waals surface area (Å²) in [5, 5.41) is 21.0. The lowest BCUT2D eigenvalue weighted by atomic mass is 10.2. The van der Waals surface area contributed by atoms with E-state index in [4.69, 9.17) is 10.2 Å². The smallest absolute Gasteiger partial charge is 0.115 e. The Bertz CT molecular complexity index is 258. The molecule has 3 N–H and O–H groups in total. The Balaban J connectivity index is 2.34. The first-order valence-electron chi connectivity index (χ1n) is 4.84. The van der Waals surface area contributed by atoms with Crippen LogP contribution in [0.2, 0.25) is 0 Å². The van der Waals surface area contributed by atoms with Gasteiger partial charge >= 0.3 is 0 Å². The zero-order chi connectivity index (χ0) is 10.4. The Morgan fingerprint density at radius 2 is 1.93 bits per heavy atom. The van der Waals surface area contributed by atoms with Gasteiger partial charge in [0.05, 0.1) is 0 Å². The average Bonchev–Trinajstić information content (AvgIpc) is 2.17. The van der Waals surface area contributed by atoms with Gasteiger partial charge in [-0.3, -0.25) is 0 Å². The molecule has 0 bridgehead atoms. The third kappa shape index (κ3) is 3.77. The lowest BCUT2D eigenvalue weighted by Crippen LogP contribution is -2.26. The van der Waals surface area contributed by atoms with Gasteiger partial charge in [-0.05, 0) is 31.0 Å². The quantitative estimate of drug-likeness (QED) is 0.663. The summed E-state index contributed by atoms with van der Waals surface area (Å²) in [6.07, 6.45) is 0.762. The highest BCUT2D eigenvalue weighted by Crippen LogP contribution is 2.09. The van der Waals surface area contributed by atoms with Gasteiger partial charge in [-0.25, -0.2) is 0 Å². The number of phenolic OH excluding ortho intramolecular Hbond substituents is 1. The molecular weight excluding hydrogens is 178 g/mol. The van der Waals surface area contributed by atoms with E-state index in [1.165, 1.54) is 0 Å². The molecule has 3 nitrogen and oxygen atoms in total. The van der Waals surface area contributed by atoms with Gasteiger partial charge in [0.25, 0.3) is 0 Å². The average molecular weight is 195 g/mol. The van der Waals surface area contributed by atoms with E-state index < -0.39 is 0 Å². The summed E-state index contributed by atoms with van der Waals surface area (Å²) in [5.41, 5.74) is 1.13. The second kappa shape index (κ2) is 5.62. The fourth-order valence-corrected chi connectivity index (χ4v) is 1.20. The largest absolute Gasteiger partial charge is 0.508 e. The van der Waals surface area contributed by atoms with Crippen molar-refractivity contribution in [1.82, 2.24) is 5.32 Å². The lowest BCUT2D eigenvalue weighted by molar-refractivity contribution is 0.268. The molecule has 1 unspecified atom stereocenters. The molecule has 0 saturated heterocycles. The molecule has 78 valence electrons. The van der Waals surface area contributed by atoms with E-state index in [2.05, 4.69) is 5.32 Å². The summed E-state index contributed by atoms with van der Waals surface area (Å²) in [6.45, 7) is 3.02. The molecule has 0 aliphatic heterocycles. The molecule has 0 aromatic heterocycles. The molecule has 0 amide bonds. The standard InChI is InChI=1S/C11H17NO2/c1-9(6-7-13)12-8-10-2-4-11(14)5-3-10/h2-5,9,12-14H,6-8H2,1H3. The SMILES string of the molecule is CC(CCO)NCc1ccc(O)cc1. The van der Waals surface area contributed by atoms with Crippen LogP contribution in [0.4, 0.5) is 0 Å². The van der Waals surface area contributed by atoms with Gasteiger partial charge in [0.15, 0.2) is 0 Å². The Hall–Kier alpha value is -1.06. The first kappa shape index (κ1) is 11.0. The molecule has 1 rings (SSSR count). The number of aliphatic hydroxyl groups is 1. The molecule has 14 heavy (non-hydrogen) atoms. The molecule has 0 heterocycles. The first-order valence-corrected chi connectivity index (χ1v) is 4.84. The van der Waals surface area contributed by atoms with E-state index in [0.29, 0.717) is 6.04 Å². The van der Waals surface area contributed by atoms with E-state index in [-0.39, 0.29) is 12.4 Å². The van der Waals surface area contributed by atoms with Crippen LogP contribution in [-0.2, 0) is 6.54 Å². The van der Waals surface area contributed by atoms with Crippen LogP contribution in [0.5, 0.6) is 5.75 Å². The summed E-state index contributed by atoms with van der Waals surface area (Å²) in [5.74, 6) is 0.289. The van der Waals surface area contributed by atoms with Gasteiger partial charge in [0.2, 0.25) is 0 Å². The molecule has 0 aliphatic carbocycles. The molecule has 3 heteroatoms. The molecule has 0 fully saturated rings. The van der Waals surface area contributed by atoms with E-state index >= 15 is 0 Å². The summed E-state index contributed by atoms with van der Waals surface area (Å²) in [7, 11) is 0. The number of nitrogens with one attached hydrogen (secondary N) is 1. The second-order valence-electron chi connectivity index (χ2n) is 3.46. The molecule has 1 aromatic carbocycles. The number of aliphatic hydroxyl groups excluding tert-OH is 1. The molecule has 0 spiro atoms. The van der Waals surface area contributed by atoms with Crippen molar-refractivity contribution in [2.24, 2.45) is 0 Å². The van der Waals surface area contributed by atoms with Crippen LogP contribution < -0.4 is 5.32 Å². The van der Waals surface area contributed by atoms with Gasteiger partial charge in [-0.15, -0.1) is 0 Å². The van der Waals surface area contributed by atoms with Crippen LogP contribution >= 0.6 is 0 Å². The molecule has 0 saturated carbocycles. The topological polar surface area (TPSA) is 52.5 Å². The number of rotatable bonds is 5. The van der Waals surface area contributed by atoms with Gasteiger partial charge in [-0.1, -0.05) is 12.1 Å². The Morgan fingerprint density at radius 1 is 1.29 bits per heavy atom. The fraction of sp³-hybridized carbons (Fsp3) is 0.455. The van der Waals surface area contributed by atoms with Crippen LogP contribution in [0, 0.1) is 0 Å². The van der Waals surface area contributed by atoms with Gasteiger partial charge < -0.3 is 15.5 Å². The van der Waals surface area contributed by atoms with Gasteiger partial charge in [0, 0.05) is 19.2 Å². The Morgan fingerprint density at radius 3 is 2.50 bits per heavy atom. The first-order chi connectivity index (χ1) is 6.72. The van der Waals surface area contributed by atoms with Crippen molar-refractivity contribution in [3.8, 4) is 5.75 Å². The van der Waals surface area contributed by atoms with E-state index in [1.807, 2.05) is 19.1 Å². The third-order valence-electron chi connectivity index (χ3n) is 2.15. The summed E-state index contributed by atoms with van der Waals surface area (Å²) in [4.78, 5) is 0. The van der Waals surface area contributed by atoms with Crippen molar-refractivity contribution in [2.75, 3.05) is 6.61 Å². The van der Waals surface area contributed by atoms with Crippen molar-refractivity contribution in [2.45, 2.75) is 25.9 Å². The third-order valence-corrected chi connectivity index (χ3v) is 2.15. The second-order valence-corrected chi connectivity index (χ2v) is 3.46. The minimum atomic E-state index is 0.212. The molecule has 1 atom stereocenters. The fourth-order valence-electron chi connectivity index (χ4n) is 1.20. The van der Waals surface area contributed by atoms with Crippen molar-refractivity contribution in [3.63, 3.8) is 0 Å². The van der Waals surface area contributed by atoms with Crippen LogP contribution in [-0.4, -0.2) is 22.9 Å². The summed E-state index contributed by atoms with van der Waals surface area (Å²) < 4.78 is 0.